The molecule has 8 heteroatoms. The van der Waals surface area contributed by atoms with E-state index in [9.17, 15) is 0 Å². The predicted octanol–water partition coefficient (Wildman–Crippen LogP) is 3.06. The highest BCUT2D eigenvalue weighted by Crippen LogP contribution is 2.27. The molecule has 0 aliphatic rings. The highest BCUT2D eigenvalue weighted by atomic mass is 16.5. The van der Waals surface area contributed by atoms with Crippen molar-refractivity contribution in [2.45, 2.75) is 6.04 Å². The number of nitrogens with zero attached hydrogens (tertiary/aromatic N) is 4. The summed E-state index contributed by atoms with van der Waals surface area (Å²) in [6.07, 6.45) is 5.16. The van der Waals surface area contributed by atoms with Gasteiger partial charge in [-0.2, -0.15) is 0 Å². The molecule has 3 aromatic heterocycles. The van der Waals surface area contributed by atoms with Gasteiger partial charge in [-0.1, -0.05) is 6.07 Å². The minimum atomic E-state index is -0.423. The number of H-pyrrole nitrogens is 1. The van der Waals surface area contributed by atoms with E-state index in [2.05, 4.69) is 30.5 Å². The Morgan fingerprint density at radius 2 is 1.86 bits per heavy atom. The van der Waals surface area contributed by atoms with Gasteiger partial charge in [0.05, 0.1) is 18.8 Å². The van der Waals surface area contributed by atoms with Gasteiger partial charge in [-0.3, -0.25) is 9.97 Å². The lowest BCUT2D eigenvalue weighted by Crippen LogP contribution is -2.15. The van der Waals surface area contributed by atoms with Gasteiger partial charge in [0.15, 0.2) is 5.82 Å². The Bertz CT molecular complexity index is 1050. The molecule has 0 bridgehead atoms. The number of aromatic amines is 1. The second-order valence-corrected chi connectivity index (χ2v) is 6.08. The van der Waals surface area contributed by atoms with Crippen molar-refractivity contribution in [2.75, 3.05) is 12.4 Å². The van der Waals surface area contributed by atoms with Crippen LogP contribution in [0.15, 0.2) is 67.1 Å². The van der Waals surface area contributed by atoms with Crippen LogP contribution in [0.4, 0.5) is 11.6 Å². The number of anilines is 2. The van der Waals surface area contributed by atoms with Crippen LogP contribution in [0.2, 0.25) is 0 Å². The first-order valence-corrected chi connectivity index (χ1v) is 8.69. The van der Waals surface area contributed by atoms with Gasteiger partial charge in [0.1, 0.15) is 5.75 Å². The van der Waals surface area contributed by atoms with E-state index in [1.165, 1.54) is 0 Å². The quantitative estimate of drug-likeness (QED) is 0.476. The number of aromatic nitrogens is 5. The molecule has 1 atom stereocenters. The second-order valence-electron chi connectivity index (χ2n) is 6.08. The SMILES string of the molecule is COc1ccc(Nc2nnc(-c3cccnc3C(N)c3cccnc3)[nH]2)cc1. The van der Waals surface area contributed by atoms with Gasteiger partial charge < -0.3 is 20.8 Å². The summed E-state index contributed by atoms with van der Waals surface area (Å²) in [5, 5.41) is 11.6. The molecule has 0 fully saturated rings. The van der Waals surface area contributed by atoms with E-state index in [0.29, 0.717) is 17.5 Å². The van der Waals surface area contributed by atoms with Gasteiger partial charge in [-0.05, 0) is 48.0 Å². The Morgan fingerprint density at radius 1 is 1.04 bits per heavy atom. The van der Waals surface area contributed by atoms with Crippen molar-refractivity contribution < 1.29 is 4.74 Å². The maximum Gasteiger partial charge on any atom is 0.226 e. The molecule has 4 N–H and O–H groups in total. The molecule has 0 radical (unpaired) electrons. The molecule has 0 amide bonds. The molecule has 140 valence electrons. The zero-order valence-electron chi connectivity index (χ0n) is 15.2. The number of nitrogens with one attached hydrogen (secondary N) is 2. The van der Waals surface area contributed by atoms with E-state index in [1.54, 1.807) is 25.7 Å². The molecule has 0 aliphatic heterocycles. The van der Waals surface area contributed by atoms with Crippen molar-refractivity contribution in [2.24, 2.45) is 5.73 Å². The van der Waals surface area contributed by atoms with Crippen LogP contribution < -0.4 is 15.8 Å². The van der Waals surface area contributed by atoms with Crippen molar-refractivity contribution in [1.29, 1.82) is 0 Å². The van der Waals surface area contributed by atoms with Crippen molar-refractivity contribution in [3.8, 4) is 17.1 Å². The van der Waals surface area contributed by atoms with Crippen LogP contribution in [0.3, 0.4) is 0 Å². The van der Waals surface area contributed by atoms with Crippen LogP contribution in [-0.2, 0) is 0 Å². The second kappa shape index (κ2) is 7.85. The molecule has 0 aliphatic carbocycles. The molecule has 3 heterocycles. The Morgan fingerprint density at radius 3 is 2.61 bits per heavy atom. The van der Waals surface area contributed by atoms with Crippen molar-refractivity contribution in [3.63, 3.8) is 0 Å². The van der Waals surface area contributed by atoms with Gasteiger partial charge in [-0.15, -0.1) is 10.2 Å². The maximum atomic E-state index is 6.42. The average molecular weight is 373 g/mol. The summed E-state index contributed by atoms with van der Waals surface area (Å²) < 4.78 is 5.17. The number of rotatable bonds is 6. The van der Waals surface area contributed by atoms with Gasteiger partial charge in [0, 0.05) is 29.8 Å². The number of benzene rings is 1. The summed E-state index contributed by atoms with van der Waals surface area (Å²) >= 11 is 0. The molecule has 1 aromatic carbocycles. The number of methoxy groups -OCH3 is 1. The lowest BCUT2D eigenvalue weighted by atomic mass is 10.0. The lowest BCUT2D eigenvalue weighted by Gasteiger charge is -2.14. The van der Waals surface area contributed by atoms with E-state index in [-0.39, 0.29) is 0 Å². The summed E-state index contributed by atoms with van der Waals surface area (Å²) in [7, 11) is 1.63. The zero-order valence-corrected chi connectivity index (χ0v) is 15.2. The molecule has 4 aromatic rings. The van der Waals surface area contributed by atoms with E-state index in [4.69, 9.17) is 10.5 Å². The third-order valence-corrected chi connectivity index (χ3v) is 4.27. The fourth-order valence-electron chi connectivity index (χ4n) is 2.83. The number of ether oxygens (including phenoxy) is 1. The van der Waals surface area contributed by atoms with E-state index in [1.807, 2.05) is 48.5 Å². The van der Waals surface area contributed by atoms with Crippen molar-refractivity contribution in [1.82, 2.24) is 25.1 Å². The van der Waals surface area contributed by atoms with Crippen LogP contribution in [0.1, 0.15) is 17.3 Å². The molecule has 0 saturated heterocycles. The van der Waals surface area contributed by atoms with Crippen LogP contribution in [0, 0.1) is 0 Å². The number of hydrogen-bond acceptors (Lipinski definition) is 7. The Kier molecular flexibility index (Phi) is 4.94. The van der Waals surface area contributed by atoms with Crippen molar-refractivity contribution in [3.05, 3.63) is 78.4 Å². The number of pyridine rings is 2. The highest BCUT2D eigenvalue weighted by Gasteiger charge is 2.18. The minimum absolute atomic E-state index is 0.423. The van der Waals surface area contributed by atoms with Gasteiger partial charge >= 0.3 is 0 Å². The first kappa shape index (κ1) is 17.6. The minimum Gasteiger partial charge on any atom is -0.497 e. The monoisotopic (exact) mass is 373 g/mol. The summed E-state index contributed by atoms with van der Waals surface area (Å²) in [6, 6.07) is 14.6. The molecule has 8 nitrogen and oxygen atoms in total. The maximum absolute atomic E-state index is 6.42. The van der Waals surface area contributed by atoms with Crippen molar-refractivity contribution >= 4 is 11.6 Å². The number of hydrogen-bond donors (Lipinski definition) is 3. The zero-order chi connectivity index (χ0) is 19.3. The molecule has 4 rings (SSSR count). The first-order valence-electron chi connectivity index (χ1n) is 8.69. The summed E-state index contributed by atoms with van der Waals surface area (Å²) in [5.41, 5.74) is 9.64. The number of nitrogens with two attached hydrogens (primary N) is 1. The molecule has 1 unspecified atom stereocenters. The summed E-state index contributed by atoms with van der Waals surface area (Å²) in [6.45, 7) is 0. The molecule has 0 spiro atoms. The Balaban J connectivity index is 1.60. The standard InChI is InChI=1S/C20H19N7O/c1-28-15-8-6-14(7-9-15)24-20-25-19(26-27-20)16-5-3-11-23-18(16)17(21)13-4-2-10-22-12-13/h2-12,17H,21H2,1H3,(H2,24,25,26,27). The van der Waals surface area contributed by atoms with Crippen LogP contribution in [0.25, 0.3) is 11.4 Å². The van der Waals surface area contributed by atoms with Gasteiger partial charge in [-0.25, -0.2) is 0 Å². The molecular formula is C20H19N7O. The van der Waals surface area contributed by atoms with Gasteiger partial charge in [0.25, 0.3) is 0 Å². The summed E-state index contributed by atoms with van der Waals surface area (Å²) in [5.74, 6) is 1.89. The molecule has 0 saturated carbocycles. The van der Waals surface area contributed by atoms with Crippen LogP contribution >= 0.6 is 0 Å². The van der Waals surface area contributed by atoms with E-state index in [0.717, 1.165) is 22.6 Å². The summed E-state index contributed by atoms with van der Waals surface area (Å²) in [4.78, 5) is 11.8. The van der Waals surface area contributed by atoms with Crippen LogP contribution in [0.5, 0.6) is 5.75 Å². The first-order chi connectivity index (χ1) is 13.7. The third-order valence-electron chi connectivity index (χ3n) is 4.27. The highest BCUT2D eigenvalue weighted by molar-refractivity contribution is 5.62. The largest absolute Gasteiger partial charge is 0.497 e. The van der Waals surface area contributed by atoms with Gasteiger partial charge in [0.2, 0.25) is 5.95 Å². The van der Waals surface area contributed by atoms with E-state index < -0.39 is 6.04 Å². The predicted molar refractivity (Wildman–Crippen MR) is 106 cm³/mol. The Hall–Kier alpha value is -3.78. The Labute approximate surface area is 161 Å². The van der Waals surface area contributed by atoms with E-state index >= 15 is 0 Å². The normalized spacial score (nSPS) is 11.8. The fraction of sp³-hybridized carbons (Fsp3) is 0.100. The molecule has 28 heavy (non-hydrogen) atoms. The lowest BCUT2D eigenvalue weighted by molar-refractivity contribution is 0.415. The third kappa shape index (κ3) is 3.67. The average Bonchev–Trinajstić information content (AvgIpc) is 3.23. The molecular weight excluding hydrogens is 354 g/mol. The smallest absolute Gasteiger partial charge is 0.226 e. The van der Waals surface area contributed by atoms with Crippen LogP contribution in [-0.4, -0.2) is 32.3 Å². The topological polar surface area (TPSA) is 115 Å². The fourth-order valence-corrected chi connectivity index (χ4v) is 2.83.